The molecule has 0 radical (unpaired) electrons. The molecular formula is C20H17NO5. The molecule has 1 aromatic carbocycles. The Labute approximate surface area is 149 Å². The lowest BCUT2D eigenvalue weighted by atomic mass is 10.1. The lowest BCUT2D eigenvalue weighted by Crippen LogP contribution is -1.91. The third-order valence-electron chi connectivity index (χ3n) is 4.36. The fourth-order valence-corrected chi connectivity index (χ4v) is 3.02. The standard InChI is InChI=1S/C20H17NO5/c1-3-11-4-7-15(24-2)12-10-18(26-19(11)12)14-6-5-13(21-14)16-8-9-17(25-16)20(22)23/h4-10,21H,3H2,1-2H3,(H,22,23). The van der Waals surface area contributed by atoms with E-state index in [0.29, 0.717) is 17.2 Å². The largest absolute Gasteiger partial charge is 0.496 e. The van der Waals surface area contributed by atoms with E-state index in [1.165, 1.54) is 6.07 Å². The van der Waals surface area contributed by atoms with Crippen LogP contribution >= 0.6 is 0 Å². The van der Waals surface area contributed by atoms with E-state index in [2.05, 4.69) is 11.9 Å². The second kappa shape index (κ2) is 6.15. The fourth-order valence-electron chi connectivity index (χ4n) is 3.02. The molecule has 0 saturated heterocycles. The van der Waals surface area contributed by atoms with E-state index in [4.69, 9.17) is 18.7 Å². The first-order chi connectivity index (χ1) is 12.6. The van der Waals surface area contributed by atoms with Gasteiger partial charge in [-0.15, -0.1) is 0 Å². The van der Waals surface area contributed by atoms with Crippen molar-refractivity contribution in [1.82, 2.24) is 4.98 Å². The van der Waals surface area contributed by atoms with Crippen molar-refractivity contribution in [1.29, 1.82) is 0 Å². The van der Waals surface area contributed by atoms with Crippen molar-refractivity contribution in [2.24, 2.45) is 0 Å². The summed E-state index contributed by atoms with van der Waals surface area (Å²) < 4.78 is 16.8. The summed E-state index contributed by atoms with van der Waals surface area (Å²) in [4.78, 5) is 14.2. The number of aromatic amines is 1. The van der Waals surface area contributed by atoms with E-state index in [0.717, 1.165) is 34.4 Å². The predicted octanol–water partition coefficient (Wildman–Crippen LogP) is 4.96. The van der Waals surface area contributed by atoms with Crippen molar-refractivity contribution in [3.05, 3.63) is 53.8 Å². The molecule has 0 unspecified atom stereocenters. The van der Waals surface area contributed by atoms with Crippen LogP contribution in [0.2, 0.25) is 0 Å². The first-order valence-electron chi connectivity index (χ1n) is 8.23. The maximum atomic E-state index is 11.0. The van der Waals surface area contributed by atoms with E-state index in [-0.39, 0.29) is 5.76 Å². The highest BCUT2D eigenvalue weighted by molar-refractivity contribution is 5.90. The van der Waals surface area contributed by atoms with Gasteiger partial charge in [-0.3, -0.25) is 0 Å². The van der Waals surface area contributed by atoms with Gasteiger partial charge in [-0.05, 0) is 48.4 Å². The number of ether oxygens (including phenoxy) is 1. The highest BCUT2D eigenvalue weighted by Crippen LogP contribution is 2.36. The molecule has 0 fully saturated rings. The number of aryl methyl sites for hydroxylation is 1. The number of aromatic carboxylic acids is 1. The van der Waals surface area contributed by atoms with Crippen LogP contribution in [0, 0.1) is 0 Å². The van der Waals surface area contributed by atoms with Gasteiger partial charge in [0.05, 0.1) is 23.9 Å². The Morgan fingerprint density at radius 1 is 1.08 bits per heavy atom. The second-order valence-electron chi connectivity index (χ2n) is 5.89. The minimum absolute atomic E-state index is 0.0998. The molecule has 0 spiro atoms. The van der Waals surface area contributed by atoms with E-state index in [1.54, 1.807) is 13.2 Å². The summed E-state index contributed by atoms with van der Waals surface area (Å²) in [5, 5.41) is 9.90. The number of carbonyl (C=O) groups is 1. The minimum atomic E-state index is -1.10. The number of carboxylic acids is 1. The third-order valence-corrected chi connectivity index (χ3v) is 4.36. The van der Waals surface area contributed by atoms with Crippen molar-refractivity contribution in [3.63, 3.8) is 0 Å². The molecule has 0 aliphatic carbocycles. The van der Waals surface area contributed by atoms with Crippen LogP contribution in [-0.4, -0.2) is 23.2 Å². The van der Waals surface area contributed by atoms with Gasteiger partial charge in [-0.2, -0.15) is 0 Å². The van der Waals surface area contributed by atoms with E-state index in [1.807, 2.05) is 30.3 Å². The molecule has 0 aliphatic heterocycles. The summed E-state index contributed by atoms with van der Waals surface area (Å²) >= 11 is 0. The lowest BCUT2D eigenvalue weighted by Gasteiger charge is -2.03. The average molecular weight is 351 g/mol. The van der Waals surface area contributed by atoms with Crippen LogP contribution in [0.15, 0.2) is 51.3 Å². The summed E-state index contributed by atoms with van der Waals surface area (Å²) in [5.41, 5.74) is 3.37. The number of rotatable bonds is 5. The van der Waals surface area contributed by atoms with Crippen molar-refractivity contribution in [2.75, 3.05) is 7.11 Å². The molecule has 0 bridgehead atoms. The van der Waals surface area contributed by atoms with Crippen LogP contribution < -0.4 is 4.74 Å². The quantitative estimate of drug-likeness (QED) is 0.531. The van der Waals surface area contributed by atoms with E-state index >= 15 is 0 Å². The Morgan fingerprint density at radius 2 is 1.85 bits per heavy atom. The molecule has 4 aromatic rings. The Hall–Kier alpha value is -3.41. The number of benzene rings is 1. The number of hydrogen-bond acceptors (Lipinski definition) is 4. The van der Waals surface area contributed by atoms with E-state index in [9.17, 15) is 4.79 Å². The fraction of sp³-hybridized carbons (Fsp3) is 0.150. The minimum Gasteiger partial charge on any atom is -0.496 e. The molecule has 4 rings (SSSR count). The predicted molar refractivity (Wildman–Crippen MR) is 96.6 cm³/mol. The number of aromatic nitrogens is 1. The maximum Gasteiger partial charge on any atom is 0.371 e. The smallest absolute Gasteiger partial charge is 0.371 e. The van der Waals surface area contributed by atoms with Gasteiger partial charge in [0.25, 0.3) is 0 Å². The van der Waals surface area contributed by atoms with Crippen molar-refractivity contribution < 1.29 is 23.5 Å². The third kappa shape index (κ3) is 2.56. The molecule has 2 N–H and O–H groups in total. The van der Waals surface area contributed by atoms with Gasteiger partial charge in [-0.1, -0.05) is 13.0 Å². The zero-order valence-corrected chi connectivity index (χ0v) is 14.3. The van der Waals surface area contributed by atoms with Gasteiger partial charge in [-0.25, -0.2) is 4.79 Å². The molecule has 26 heavy (non-hydrogen) atoms. The first-order valence-corrected chi connectivity index (χ1v) is 8.23. The van der Waals surface area contributed by atoms with Gasteiger partial charge in [0.15, 0.2) is 11.5 Å². The number of nitrogens with one attached hydrogen (secondary N) is 1. The number of H-pyrrole nitrogens is 1. The van der Waals surface area contributed by atoms with Crippen molar-refractivity contribution in [3.8, 4) is 28.7 Å². The van der Waals surface area contributed by atoms with Gasteiger partial charge in [0, 0.05) is 0 Å². The number of hydrogen-bond donors (Lipinski definition) is 2. The van der Waals surface area contributed by atoms with Crippen molar-refractivity contribution >= 4 is 16.9 Å². The topological polar surface area (TPSA) is 88.6 Å². The molecule has 0 amide bonds. The summed E-state index contributed by atoms with van der Waals surface area (Å²) in [5.74, 6) is 0.694. The summed E-state index contributed by atoms with van der Waals surface area (Å²) in [6.45, 7) is 2.08. The molecule has 0 aliphatic rings. The maximum absolute atomic E-state index is 11.0. The lowest BCUT2D eigenvalue weighted by molar-refractivity contribution is 0.0663. The van der Waals surface area contributed by atoms with Gasteiger partial charge in [0.1, 0.15) is 11.3 Å². The van der Waals surface area contributed by atoms with Crippen LogP contribution in [0.4, 0.5) is 0 Å². The Balaban J connectivity index is 1.76. The summed E-state index contributed by atoms with van der Waals surface area (Å²) in [6.07, 6.45) is 0.855. The summed E-state index contributed by atoms with van der Waals surface area (Å²) in [6, 6.07) is 12.6. The highest BCUT2D eigenvalue weighted by atomic mass is 16.5. The monoisotopic (exact) mass is 351 g/mol. The molecule has 132 valence electrons. The molecule has 3 aromatic heterocycles. The Bertz CT molecular complexity index is 1060. The summed E-state index contributed by atoms with van der Waals surface area (Å²) in [7, 11) is 1.64. The van der Waals surface area contributed by atoms with Crippen LogP contribution in [0.25, 0.3) is 33.9 Å². The van der Waals surface area contributed by atoms with E-state index < -0.39 is 5.97 Å². The Morgan fingerprint density at radius 3 is 2.50 bits per heavy atom. The number of furan rings is 2. The Kier molecular flexibility index (Phi) is 3.80. The molecule has 0 saturated carbocycles. The van der Waals surface area contributed by atoms with Gasteiger partial charge >= 0.3 is 5.97 Å². The normalized spacial score (nSPS) is 11.2. The average Bonchev–Trinajstić information content (AvgIpc) is 3.38. The van der Waals surface area contributed by atoms with Gasteiger partial charge < -0.3 is 23.7 Å². The van der Waals surface area contributed by atoms with Crippen LogP contribution in [0.1, 0.15) is 23.0 Å². The molecular weight excluding hydrogens is 334 g/mol. The zero-order valence-electron chi connectivity index (χ0n) is 14.3. The van der Waals surface area contributed by atoms with Crippen LogP contribution in [0.5, 0.6) is 5.75 Å². The molecule has 6 nitrogen and oxygen atoms in total. The number of carboxylic acid groups (broad SMARTS) is 1. The second-order valence-corrected chi connectivity index (χ2v) is 5.89. The SMILES string of the molecule is CCc1ccc(OC)c2cc(-c3ccc(-c4ccc(C(=O)O)o4)[nH]3)oc12. The van der Waals surface area contributed by atoms with Gasteiger partial charge in [0.2, 0.25) is 5.76 Å². The zero-order chi connectivity index (χ0) is 18.3. The van der Waals surface area contributed by atoms with Crippen molar-refractivity contribution in [2.45, 2.75) is 13.3 Å². The molecule has 6 heteroatoms. The number of methoxy groups -OCH3 is 1. The molecule has 3 heterocycles. The molecule has 0 atom stereocenters. The first kappa shape index (κ1) is 16.1. The van der Waals surface area contributed by atoms with Crippen LogP contribution in [0.3, 0.4) is 0 Å². The number of fused-ring (bicyclic) bond motifs is 1. The van der Waals surface area contributed by atoms with Crippen LogP contribution in [-0.2, 0) is 6.42 Å². The highest BCUT2D eigenvalue weighted by Gasteiger charge is 2.16.